The first-order chi connectivity index (χ1) is 8.97. The molecule has 0 aromatic carbocycles. The van der Waals surface area contributed by atoms with Gasteiger partial charge in [-0.15, -0.1) is 0 Å². The standard InChI is InChI=1S/C14H28N2O3/c1-10(2)6-11(3)19-9-13(17)8-15-12-4-5-14(18)16-7-12/h10-13,15,17H,4-9H2,1-3H3,(H,16,18). The lowest BCUT2D eigenvalue weighted by Crippen LogP contribution is -2.48. The second-order valence-corrected chi connectivity index (χ2v) is 5.88. The zero-order chi connectivity index (χ0) is 14.3. The first kappa shape index (κ1) is 16.4. The molecule has 5 nitrogen and oxygen atoms in total. The minimum atomic E-state index is -0.493. The van der Waals surface area contributed by atoms with Gasteiger partial charge in [0.15, 0.2) is 0 Å². The van der Waals surface area contributed by atoms with Gasteiger partial charge in [0.2, 0.25) is 5.91 Å². The average molecular weight is 272 g/mol. The Morgan fingerprint density at radius 3 is 2.79 bits per heavy atom. The lowest BCUT2D eigenvalue weighted by Gasteiger charge is -2.25. The number of hydrogen-bond acceptors (Lipinski definition) is 4. The van der Waals surface area contributed by atoms with Crippen molar-refractivity contribution in [3.63, 3.8) is 0 Å². The molecule has 1 fully saturated rings. The third kappa shape index (κ3) is 7.50. The summed E-state index contributed by atoms with van der Waals surface area (Å²) in [4.78, 5) is 11.0. The fourth-order valence-electron chi connectivity index (χ4n) is 2.28. The van der Waals surface area contributed by atoms with Crippen LogP contribution >= 0.6 is 0 Å². The van der Waals surface area contributed by atoms with Crippen molar-refractivity contribution < 1.29 is 14.6 Å². The highest BCUT2D eigenvalue weighted by Gasteiger charge is 2.18. The van der Waals surface area contributed by atoms with Gasteiger partial charge in [0.05, 0.1) is 18.8 Å². The molecule has 1 amide bonds. The molecular weight excluding hydrogens is 244 g/mol. The van der Waals surface area contributed by atoms with E-state index >= 15 is 0 Å². The van der Waals surface area contributed by atoms with Crippen molar-refractivity contribution >= 4 is 5.91 Å². The van der Waals surface area contributed by atoms with Crippen molar-refractivity contribution in [3.8, 4) is 0 Å². The summed E-state index contributed by atoms with van der Waals surface area (Å²) in [5, 5.41) is 15.9. The Hall–Kier alpha value is -0.650. The number of aliphatic hydroxyl groups excluding tert-OH is 1. The Balaban J connectivity index is 2.07. The van der Waals surface area contributed by atoms with E-state index < -0.39 is 6.10 Å². The van der Waals surface area contributed by atoms with Crippen LogP contribution in [0, 0.1) is 5.92 Å². The molecule has 19 heavy (non-hydrogen) atoms. The van der Waals surface area contributed by atoms with E-state index in [4.69, 9.17) is 4.74 Å². The molecule has 0 aliphatic carbocycles. The lowest BCUT2D eigenvalue weighted by molar-refractivity contribution is -0.122. The summed E-state index contributed by atoms with van der Waals surface area (Å²) in [6.07, 6.45) is 2.10. The maximum atomic E-state index is 11.0. The molecule has 1 aliphatic rings. The van der Waals surface area contributed by atoms with Crippen LogP contribution < -0.4 is 10.6 Å². The van der Waals surface area contributed by atoms with Gasteiger partial charge in [-0.05, 0) is 25.7 Å². The highest BCUT2D eigenvalue weighted by atomic mass is 16.5. The zero-order valence-electron chi connectivity index (χ0n) is 12.3. The molecule has 1 heterocycles. The maximum Gasteiger partial charge on any atom is 0.220 e. The van der Waals surface area contributed by atoms with Crippen LogP contribution in [-0.4, -0.2) is 49.0 Å². The number of carbonyl (C=O) groups excluding carboxylic acids is 1. The van der Waals surface area contributed by atoms with Crippen molar-refractivity contribution in [3.05, 3.63) is 0 Å². The summed E-state index contributed by atoms with van der Waals surface area (Å²) in [5.41, 5.74) is 0. The van der Waals surface area contributed by atoms with Gasteiger partial charge in [-0.2, -0.15) is 0 Å². The van der Waals surface area contributed by atoms with Crippen LogP contribution in [0.4, 0.5) is 0 Å². The summed E-state index contributed by atoms with van der Waals surface area (Å²) >= 11 is 0. The van der Waals surface area contributed by atoms with E-state index in [1.165, 1.54) is 0 Å². The van der Waals surface area contributed by atoms with E-state index in [9.17, 15) is 9.90 Å². The monoisotopic (exact) mass is 272 g/mol. The van der Waals surface area contributed by atoms with Gasteiger partial charge in [-0.3, -0.25) is 4.79 Å². The number of rotatable bonds is 8. The molecule has 0 aromatic heterocycles. The van der Waals surface area contributed by atoms with Crippen LogP contribution in [0.1, 0.15) is 40.0 Å². The Labute approximate surface area is 116 Å². The molecule has 3 N–H and O–H groups in total. The average Bonchev–Trinajstić information content (AvgIpc) is 2.35. The maximum absolute atomic E-state index is 11.0. The second-order valence-electron chi connectivity index (χ2n) is 5.88. The smallest absolute Gasteiger partial charge is 0.220 e. The Kier molecular flexibility index (Phi) is 7.34. The lowest BCUT2D eigenvalue weighted by atomic mass is 10.1. The van der Waals surface area contributed by atoms with E-state index in [-0.39, 0.29) is 18.1 Å². The number of carbonyl (C=O) groups is 1. The molecule has 5 heteroatoms. The van der Waals surface area contributed by atoms with Gasteiger partial charge in [0, 0.05) is 25.6 Å². The van der Waals surface area contributed by atoms with Crippen molar-refractivity contribution in [1.82, 2.24) is 10.6 Å². The minimum absolute atomic E-state index is 0.115. The van der Waals surface area contributed by atoms with Gasteiger partial charge < -0.3 is 20.5 Å². The second kappa shape index (κ2) is 8.51. The summed E-state index contributed by atoms with van der Waals surface area (Å²) in [6, 6.07) is 0.264. The van der Waals surface area contributed by atoms with Gasteiger partial charge in [0.1, 0.15) is 0 Å². The SMILES string of the molecule is CC(C)CC(C)OCC(O)CNC1CCC(=O)NC1. The minimum Gasteiger partial charge on any atom is -0.389 e. The number of aliphatic hydroxyl groups is 1. The Morgan fingerprint density at radius 2 is 2.21 bits per heavy atom. The summed E-state index contributed by atoms with van der Waals surface area (Å²) < 4.78 is 5.61. The zero-order valence-corrected chi connectivity index (χ0v) is 12.3. The largest absolute Gasteiger partial charge is 0.389 e. The molecule has 0 aromatic rings. The molecule has 0 spiro atoms. The van der Waals surface area contributed by atoms with Crippen LogP contribution in [0.25, 0.3) is 0 Å². The summed E-state index contributed by atoms with van der Waals surface area (Å²) in [5.74, 6) is 0.723. The Morgan fingerprint density at radius 1 is 1.47 bits per heavy atom. The van der Waals surface area contributed by atoms with E-state index in [1.807, 2.05) is 6.92 Å². The van der Waals surface area contributed by atoms with Crippen LogP contribution in [-0.2, 0) is 9.53 Å². The Bertz CT molecular complexity index is 261. The molecule has 3 atom stereocenters. The van der Waals surface area contributed by atoms with Gasteiger partial charge in [0.25, 0.3) is 0 Å². The van der Waals surface area contributed by atoms with E-state index in [0.717, 1.165) is 12.8 Å². The van der Waals surface area contributed by atoms with E-state index in [2.05, 4.69) is 24.5 Å². The third-order valence-corrected chi connectivity index (χ3v) is 3.28. The van der Waals surface area contributed by atoms with Crippen molar-refractivity contribution in [2.75, 3.05) is 19.7 Å². The fourth-order valence-corrected chi connectivity index (χ4v) is 2.28. The molecule has 1 rings (SSSR count). The van der Waals surface area contributed by atoms with Crippen molar-refractivity contribution in [1.29, 1.82) is 0 Å². The van der Waals surface area contributed by atoms with Crippen LogP contribution in [0.15, 0.2) is 0 Å². The van der Waals surface area contributed by atoms with Crippen LogP contribution in [0.3, 0.4) is 0 Å². The number of amides is 1. The fraction of sp³-hybridized carbons (Fsp3) is 0.929. The van der Waals surface area contributed by atoms with Gasteiger partial charge in [-0.1, -0.05) is 13.8 Å². The number of piperidine rings is 1. The first-order valence-corrected chi connectivity index (χ1v) is 7.27. The molecule has 0 bridgehead atoms. The summed E-state index contributed by atoms with van der Waals surface area (Å²) in [7, 11) is 0. The molecule has 0 saturated carbocycles. The quantitative estimate of drug-likeness (QED) is 0.607. The molecule has 0 radical (unpaired) electrons. The molecule has 1 aliphatic heterocycles. The van der Waals surface area contributed by atoms with Crippen LogP contribution in [0.5, 0.6) is 0 Å². The molecule has 112 valence electrons. The topological polar surface area (TPSA) is 70.6 Å². The van der Waals surface area contributed by atoms with Crippen LogP contribution in [0.2, 0.25) is 0 Å². The molecule has 3 unspecified atom stereocenters. The van der Waals surface area contributed by atoms with Gasteiger partial charge >= 0.3 is 0 Å². The number of hydrogen-bond donors (Lipinski definition) is 3. The van der Waals surface area contributed by atoms with E-state index in [1.54, 1.807) is 0 Å². The predicted molar refractivity (Wildman–Crippen MR) is 74.9 cm³/mol. The van der Waals surface area contributed by atoms with E-state index in [0.29, 0.717) is 32.0 Å². The summed E-state index contributed by atoms with van der Waals surface area (Å²) in [6.45, 7) is 7.88. The molecular formula is C14H28N2O3. The number of ether oxygens (including phenoxy) is 1. The molecule has 1 saturated heterocycles. The van der Waals surface area contributed by atoms with Crippen molar-refractivity contribution in [2.24, 2.45) is 5.92 Å². The highest BCUT2D eigenvalue weighted by molar-refractivity contribution is 5.76. The normalized spacial score (nSPS) is 23.2. The van der Waals surface area contributed by atoms with Gasteiger partial charge in [-0.25, -0.2) is 0 Å². The first-order valence-electron chi connectivity index (χ1n) is 7.27. The predicted octanol–water partition coefficient (Wildman–Crippen LogP) is 0.667. The third-order valence-electron chi connectivity index (χ3n) is 3.28. The van der Waals surface area contributed by atoms with Crippen molar-refractivity contribution in [2.45, 2.75) is 58.3 Å². The number of nitrogens with one attached hydrogen (secondary N) is 2. The highest BCUT2D eigenvalue weighted by Crippen LogP contribution is 2.08.